The molecule has 1 aromatic carbocycles. The van der Waals surface area contributed by atoms with Crippen molar-refractivity contribution in [2.45, 2.75) is 26.0 Å². The summed E-state index contributed by atoms with van der Waals surface area (Å²) in [4.78, 5) is 21.5. The Bertz CT molecular complexity index is 1130. The van der Waals surface area contributed by atoms with Gasteiger partial charge in [-0.05, 0) is 43.5 Å². The summed E-state index contributed by atoms with van der Waals surface area (Å²) in [6, 6.07) is 9.38. The maximum atomic E-state index is 12.2. The van der Waals surface area contributed by atoms with Gasteiger partial charge in [0.2, 0.25) is 12.1 Å². The summed E-state index contributed by atoms with van der Waals surface area (Å²) >= 11 is 6.53. The highest BCUT2D eigenvalue weighted by atomic mass is 35.5. The van der Waals surface area contributed by atoms with Crippen molar-refractivity contribution in [2.24, 2.45) is 5.92 Å². The highest BCUT2D eigenvalue weighted by molar-refractivity contribution is 6.33. The number of nitrogens with one attached hydrogen (secondary N) is 2. The van der Waals surface area contributed by atoms with E-state index in [1.165, 1.54) is 6.33 Å². The highest BCUT2D eigenvalue weighted by Gasteiger charge is 2.35. The van der Waals surface area contributed by atoms with Crippen LogP contribution in [0.15, 0.2) is 49.1 Å². The number of hydrogen-bond donors (Lipinski definition) is 2. The zero-order chi connectivity index (χ0) is 20.7. The zero-order valence-corrected chi connectivity index (χ0v) is 16.9. The van der Waals surface area contributed by atoms with Crippen LogP contribution in [0.1, 0.15) is 36.0 Å². The van der Waals surface area contributed by atoms with Crippen LogP contribution in [0.2, 0.25) is 5.02 Å². The molecule has 0 spiro atoms. The second-order valence-corrected chi connectivity index (χ2v) is 7.75. The Kier molecular flexibility index (Phi) is 4.63. The Morgan fingerprint density at radius 2 is 2.17 bits per heavy atom. The largest absolute Gasteiger partial charge is 0.471 e. The van der Waals surface area contributed by atoms with Gasteiger partial charge in [0.1, 0.15) is 24.1 Å². The summed E-state index contributed by atoms with van der Waals surface area (Å²) in [6.45, 7) is 1.95. The van der Waals surface area contributed by atoms with E-state index in [1.807, 2.05) is 42.2 Å². The molecule has 1 atom stereocenters. The standard InChI is InChI=1S/C21H19ClN6O2/c1-12-9-23-18(26-20(29)13-6-7-13)8-14(12)21-28(16-5-3-2-4-15(16)22)17(10-30-21)19-24-11-25-27-19/h2-5,8-11,13,21H,6-7H2,1H3,(H,23,26,29)(H,24,25,27). The van der Waals surface area contributed by atoms with Gasteiger partial charge in [-0.2, -0.15) is 0 Å². The molecule has 0 saturated heterocycles. The molecule has 1 saturated carbocycles. The number of halogens is 1. The molecule has 1 unspecified atom stereocenters. The first-order chi connectivity index (χ1) is 14.6. The number of aromatic nitrogens is 4. The van der Waals surface area contributed by atoms with Crippen LogP contribution in [-0.4, -0.2) is 26.1 Å². The van der Waals surface area contributed by atoms with E-state index in [1.54, 1.807) is 12.5 Å². The molecular weight excluding hydrogens is 404 g/mol. The van der Waals surface area contributed by atoms with E-state index in [4.69, 9.17) is 16.3 Å². The number of rotatable bonds is 5. The van der Waals surface area contributed by atoms with Crippen LogP contribution in [0, 0.1) is 12.8 Å². The molecule has 2 aromatic heterocycles. The maximum absolute atomic E-state index is 12.2. The number of aromatic amines is 1. The number of carbonyl (C=O) groups is 1. The summed E-state index contributed by atoms with van der Waals surface area (Å²) < 4.78 is 6.08. The molecule has 3 heterocycles. The monoisotopic (exact) mass is 422 g/mol. The SMILES string of the molecule is Cc1cnc(NC(=O)C2CC2)cc1C1OC=C(c2nnc[nH]2)N1c1ccccc1Cl. The molecule has 3 aromatic rings. The first kappa shape index (κ1) is 18.6. The van der Waals surface area contributed by atoms with E-state index >= 15 is 0 Å². The molecule has 1 aliphatic heterocycles. The van der Waals surface area contributed by atoms with E-state index in [-0.39, 0.29) is 11.8 Å². The Hall–Kier alpha value is -3.39. The van der Waals surface area contributed by atoms with Gasteiger partial charge < -0.3 is 15.0 Å². The van der Waals surface area contributed by atoms with Gasteiger partial charge in [0, 0.05) is 17.7 Å². The molecular formula is C21H19ClN6O2. The van der Waals surface area contributed by atoms with Crippen LogP contribution in [0.3, 0.4) is 0 Å². The number of benzene rings is 1. The third-order valence-electron chi connectivity index (χ3n) is 5.18. The summed E-state index contributed by atoms with van der Waals surface area (Å²) in [5, 5.41) is 11.5. The molecule has 0 radical (unpaired) electrons. The summed E-state index contributed by atoms with van der Waals surface area (Å²) in [5.41, 5.74) is 3.25. The van der Waals surface area contributed by atoms with Crippen LogP contribution in [0.25, 0.3) is 5.70 Å². The Morgan fingerprint density at radius 1 is 1.33 bits per heavy atom. The third-order valence-corrected chi connectivity index (χ3v) is 5.50. The van der Waals surface area contributed by atoms with Crippen molar-refractivity contribution >= 4 is 34.7 Å². The minimum absolute atomic E-state index is 0.00748. The zero-order valence-electron chi connectivity index (χ0n) is 16.2. The van der Waals surface area contributed by atoms with Gasteiger partial charge in [-0.15, -0.1) is 10.2 Å². The molecule has 0 bridgehead atoms. The number of amides is 1. The van der Waals surface area contributed by atoms with Gasteiger partial charge in [-0.25, -0.2) is 4.98 Å². The summed E-state index contributed by atoms with van der Waals surface area (Å²) in [7, 11) is 0. The highest BCUT2D eigenvalue weighted by Crippen LogP contribution is 2.44. The minimum Gasteiger partial charge on any atom is -0.471 e. The number of aryl methyl sites for hydroxylation is 1. The molecule has 2 aliphatic rings. The van der Waals surface area contributed by atoms with E-state index in [9.17, 15) is 4.79 Å². The fourth-order valence-corrected chi connectivity index (χ4v) is 3.66. The van der Waals surface area contributed by atoms with Crippen molar-refractivity contribution in [2.75, 3.05) is 10.2 Å². The van der Waals surface area contributed by atoms with E-state index in [2.05, 4.69) is 25.5 Å². The number of nitrogens with zero attached hydrogens (tertiary/aromatic N) is 4. The average molecular weight is 423 g/mol. The number of carbonyl (C=O) groups excluding carboxylic acids is 1. The van der Waals surface area contributed by atoms with Crippen LogP contribution in [0.4, 0.5) is 11.5 Å². The maximum Gasteiger partial charge on any atom is 0.228 e. The van der Waals surface area contributed by atoms with Crippen LogP contribution in [0.5, 0.6) is 0 Å². The van der Waals surface area contributed by atoms with Crippen molar-refractivity contribution in [3.8, 4) is 0 Å². The lowest BCUT2D eigenvalue weighted by atomic mass is 10.1. The molecule has 5 rings (SSSR count). The quantitative estimate of drug-likeness (QED) is 0.644. The number of anilines is 2. The van der Waals surface area contributed by atoms with Crippen molar-refractivity contribution < 1.29 is 9.53 Å². The molecule has 2 N–H and O–H groups in total. The normalized spacial score (nSPS) is 18.1. The van der Waals surface area contributed by atoms with Crippen LogP contribution in [-0.2, 0) is 9.53 Å². The van der Waals surface area contributed by atoms with E-state index < -0.39 is 6.23 Å². The van der Waals surface area contributed by atoms with Gasteiger partial charge in [0.25, 0.3) is 0 Å². The van der Waals surface area contributed by atoms with Crippen molar-refractivity contribution in [1.29, 1.82) is 0 Å². The smallest absolute Gasteiger partial charge is 0.228 e. The molecule has 1 amide bonds. The van der Waals surface area contributed by atoms with Crippen LogP contribution < -0.4 is 10.2 Å². The van der Waals surface area contributed by atoms with Gasteiger partial charge in [-0.3, -0.25) is 9.69 Å². The molecule has 1 fully saturated rings. The molecule has 30 heavy (non-hydrogen) atoms. The second-order valence-electron chi connectivity index (χ2n) is 7.34. The topological polar surface area (TPSA) is 96.0 Å². The predicted octanol–water partition coefficient (Wildman–Crippen LogP) is 4.04. The lowest BCUT2D eigenvalue weighted by molar-refractivity contribution is -0.117. The molecule has 1 aliphatic carbocycles. The summed E-state index contributed by atoms with van der Waals surface area (Å²) in [6.07, 6.45) is 6.24. The van der Waals surface area contributed by atoms with Gasteiger partial charge in [0.05, 0.1) is 10.7 Å². The van der Waals surface area contributed by atoms with Crippen LogP contribution >= 0.6 is 11.6 Å². The fraction of sp³-hybridized carbons (Fsp3) is 0.238. The number of H-pyrrole nitrogens is 1. The number of ether oxygens (including phenoxy) is 1. The Labute approximate surface area is 177 Å². The van der Waals surface area contributed by atoms with Crippen molar-refractivity contribution in [3.05, 3.63) is 71.1 Å². The number of para-hydroxylation sites is 1. The first-order valence-electron chi connectivity index (χ1n) is 9.65. The Morgan fingerprint density at radius 3 is 2.90 bits per heavy atom. The molecule has 152 valence electrons. The fourth-order valence-electron chi connectivity index (χ4n) is 3.44. The predicted molar refractivity (Wildman–Crippen MR) is 112 cm³/mol. The van der Waals surface area contributed by atoms with Gasteiger partial charge in [0.15, 0.2) is 5.82 Å². The van der Waals surface area contributed by atoms with Gasteiger partial charge >= 0.3 is 0 Å². The van der Waals surface area contributed by atoms with Crippen molar-refractivity contribution in [1.82, 2.24) is 20.2 Å². The molecule has 9 heteroatoms. The second kappa shape index (κ2) is 7.46. The van der Waals surface area contributed by atoms with Gasteiger partial charge in [-0.1, -0.05) is 23.7 Å². The van der Waals surface area contributed by atoms with Crippen molar-refractivity contribution in [3.63, 3.8) is 0 Å². The molecule has 8 nitrogen and oxygen atoms in total. The first-order valence-corrected chi connectivity index (χ1v) is 10.0. The number of hydrogen-bond acceptors (Lipinski definition) is 6. The van der Waals surface area contributed by atoms with E-state index in [0.29, 0.717) is 22.4 Å². The third kappa shape index (κ3) is 3.39. The minimum atomic E-state index is -0.510. The lowest BCUT2D eigenvalue weighted by Gasteiger charge is -2.29. The average Bonchev–Trinajstić information content (AvgIpc) is 3.29. The van der Waals surface area contributed by atoms with E-state index in [0.717, 1.165) is 29.7 Å². The number of pyridine rings is 1. The lowest BCUT2D eigenvalue weighted by Crippen LogP contribution is -2.25. The Balaban J connectivity index is 1.54. The summed E-state index contributed by atoms with van der Waals surface area (Å²) in [5.74, 6) is 1.17.